The summed E-state index contributed by atoms with van der Waals surface area (Å²) in [6.45, 7) is 1.97. The minimum atomic E-state index is -0.453. The van der Waals surface area contributed by atoms with E-state index >= 15 is 0 Å². The van der Waals surface area contributed by atoms with Gasteiger partial charge < -0.3 is 5.32 Å². The molecule has 1 amide bonds. The molecule has 9 heteroatoms. The first-order valence-electron chi connectivity index (χ1n) is 8.90. The van der Waals surface area contributed by atoms with Gasteiger partial charge in [0.15, 0.2) is 11.2 Å². The zero-order valence-electron chi connectivity index (χ0n) is 15.5. The van der Waals surface area contributed by atoms with E-state index in [4.69, 9.17) is 0 Å². The van der Waals surface area contributed by atoms with Crippen molar-refractivity contribution < 1.29 is 9.18 Å². The molecule has 0 unspecified atom stereocenters. The van der Waals surface area contributed by atoms with E-state index in [1.54, 1.807) is 12.1 Å². The quantitative estimate of drug-likeness (QED) is 0.558. The Hall–Kier alpha value is -3.88. The number of amides is 1. The minimum Gasteiger partial charge on any atom is -0.350 e. The van der Waals surface area contributed by atoms with Gasteiger partial charge in [-0.2, -0.15) is 4.68 Å². The van der Waals surface area contributed by atoms with Crippen LogP contribution >= 0.6 is 0 Å². The molecule has 2 heterocycles. The number of halogens is 1. The third-order valence-electron chi connectivity index (χ3n) is 4.39. The Kier molecular flexibility index (Phi) is 4.86. The molecule has 0 aliphatic carbocycles. The molecule has 0 bridgehead atoms. The van der Waals surface area contributed by atoms with E-state index in [0.717, 1.165) is 16.8 Å². The molecule has 4 aromatic rings. The van der Waals surface area contributed by atoms with Gasteiger partial charge in [0.2, 0.25) is 5.91 Å². The van der Waals surface area contributed by atoms with Crippen LogP contribution in [0, 0.1) is 12.7 Å². The number of carbonyl (C=O) groups is 1. The van der Waals surface area contributed by atoms with Crippen LogP contribution in [-0.2, 0) is 17.9 Å². The zero-order valence-corrected chi connectivity index (χ0v) is 15.5. The maximum atomic E-state index is 12.9. The van der Waals surface area contributed by atoms with Crippen LogP contribution in [0.1, 0.15) is 11.1 Å². The topological polar surface area (TPSA) is 94.7 Å². The molecule has 29 heavy (non-hydrogen) atoms. The smallest absolute Gasteiger partial charge is 0.284 e. The summed E-state index contributed by atoms with van der Waals surface area (Å²) >= 11 is 0. The van der Waals surface area contributed by atoms with Crippen LogP contribution in [0.3, 0.4) is 0 Å². The summed E-state index contributed by atoms with van der Waals surface area (Å²) in [7, 11) is 0. The Morgan fingerprint density at radius 3 is 2.72 bits per heavy atom. The first-order valence-corrected chi connectivity index (χ1v) is 8.90. The summed E-state index contributed by atoms with van der Waals surface area (Å²) < 4.78 is 15.6. The van der Waals surface area contributed by atoms with E-state index in [1.165, 1.54) is 27.7 Å². The van der Waals surface area contributed by atoms with Crippen LogP contribution in [0.4, 0.5) is 4.39 Å². The number of hydrogen-bond donors (Lipinski definition) is 1. The molecule has 0 radical (unpaired) electrons. The summed E-state index contributed by atoms with van der Waals surface area (Å²) in [5.74, 6) is -0.714. The molecule has 1 N–H and O–H groups in total. The lowest BCUT2D eigenvalue weighted by Gasteiger charge is -2.07. The van der Waals surface area contributed by atoms with Crippen LogP contribution in [0.25, 0.3) is 16.9 Å². The Morgan fingerprint density at radius 2 is 1.97 bits per heavy atom. The lowest BCUT2D eigenvalue weighted by molar-refractivity contribution is -0.121. The standard InChI is InChI=1S/C20H17FN6O2/c1-13-3-2-4-16(9-13)27-19-18(24-25-27)20(29)26(12-23-19)11-17(28)22-10-14-5-7-15(21)8-6-14/h2-9,12H,10-11H2,1H3,(H,22,28). The molecule has 4 rings (SSSR count). The molecule has 0 aliphatic rings. The second-order valence-electron chi connectivity index (χ2n) is 6.59. The lowest BCUT2D eigenvalue weighted by atomic mass is 10.2. The van der Waals surface area contributed by atoms with Gasteiger partial charge in [-0.25, -0.2) is 9.37 Å². The Balaban J connectivity index is 1.53. The van der Waals surface area contributed by atoms with E-state index in [0.29, 0.717) is 5.65 Å². The Morgan fingerprint density at radius 1 is 1.17 bits per heavy atom. The Labute approximate surface area is 164 Å². The number of aromatic nitrogens is 5. The number of hydrogen-bond acceptors (Lipinski definition) is 5. The van der Waals surface area contributed by atoms with Crippen LogP contribution in [0.2, 0.25) is 0 Å². The van der Waals surface area contributed by atoms with E-state index in [9.17, 15) is 14.0 Å². The fraction of sp³-hybridized carbons (Fsp3) is 0.150. The zero-order chi connectivity index (χ0) is 20.4. The highest BCUT2D eigenvalue weighted by Crippen LogP contribution is 2.13. The van der Waals surface area contributed by atoms with Crippen molar-refractivity contribution in [2.75, 3.05) is 0 Å². The summed E-state index contributed by atoms with van der Waals surface area (Å²) in [5.41, 5.74) is 2.49. The lowest BCUT2D eigenvalue weighted by Crippen LogP contribution is -2.32. The van der Waals surface area contributed by atoms with Crippen molar-refractivity contribution in [1.82, 2.24) is 29.9 Å². The van der Waals surface area contributed by atoms with E-state index in [-0.39, 0.29) is 30.3 Å². The van der Waals surface area contributed by atoms with Gasteiger partial charge in [-0.3, -0.25) is 14.2 Å². The second-order valence-corrected chi connectivity index (χ2v) is 6.59. The number of nitrogens with zero attached hydrogens (tertiary/aromatic N) is 5. The van der Waals surface area contributed by atoms with Gasteiger partial charge in [0.05, 0.1) is 5.69 Å². The molecule has 0 fully saturated rings. The molecule has 0 aliphatic heterocycles. The van der Waals surface area contributed by atoms with Crippen molar-refractivity contribution in [3.63, 3.8) is 0 Å². The average molecular weight is 392 g/mol. The van der Waals surface area contributed by atoms with Crippen LogP contribution < -0.4 is 10.9 Å². The molecule has 0 saturated heterocycles. The fourth-order valence-electron chi connectivity index (χ4n) is 2.90. The monoisotopic (exact) mass is 392 g/mol. The van der Waals surface area contributed by atoms with Crippen molar-refractivity contribution >= 4 is 17.1 Å². The maximum Gasteiger partial charge on any atom is 0.284 e. The molecule has 0 spiro atoms. The van der Waals surface area contributed by atoms with Gasteiger partial charge in [-0.05, 0) is 42.3 Å². The predicted molar refractivity (Wildman–Crippen MR) is 104 cm³/mol. The van der Waals surface area contributed by atoms with Gasteiger partial charge in [-0.1, -0.05) is 29.5 Å². The molecule has 2 aromatic carbocycles. The largest absolute Gasteiger partial charge is 0.350 e. The van der Waals surface area contributed by atoms with Crippen molar-refractivity contribution in [1.29, 1.82) is 0 Å². The summed E-state index contributed by atoms with van der Waals surface area (Å²) in [6.07, 6.45) is 1.30. The molecule has 8 nitrogen and oxygen atoms in total. The van der Waals surface area contributed by atoms with Crippen molar-refractivity contribution in [2.24, 2.45) is 0 Å². The minimum absolute atomic E-state index is 0.0836. The van der Waals surface area contributed by atoms with Crippen LogP contribution in [0.5, 0.6) is 0 Å². The van der Waals surface area contributed by atoms with E-state index in [1.807, 2.05) is 31.2 Å². The highest BCUT2D eigenvalue weighted by molar-refractivity contribution is 5.76. The molecular weight excluding hydrogens is 375 g/mol. The Bertz CT molecular complexity index is 1250. The van der Waals surface area contributed by atoms with Gasteiger partial charge in [-0.15, -0.1) is 5.10 Å². The van der Waals surface area contributed by atoms with E-state index < -0.39 is 5.56 Å². The molecule has 146 valence electrons. The van der Waals surface area contributed by atoms with Gasteiger partial charge in [0, 0.05) is 6.54 Å². The number of aryl methyl sites for hydroxylation is 1. The summed E-state index contributed by atoms with van der Waals surface area (Å²) in [5, 5.41) is 10.7. The molecule has 2 aromatic heterocycles. The SMILES string of the molecule is Cc1cccc(-n2nnc3c(=O)n(CC(=O)NCc4ccc(F)cc4)cnc32)c1. The number of benzene rings is 2. The fourth-order valence-corrected chi connectivity index (χ4v) is 2.90. The summed E-state index contributed by atoms with van der Waals surface area (Å²) in [4.78, 5) is 29.1. The number of carbonyl (C=O) groups excluding carboxylic acids is 1. The van der Waals surface area contributed by atoms with Crippen molar-refractivity contribution in [3.05, 3.63) is 82.2 Å². The summed E-state index contributed by atoms with van der Waals surface area (Å²) in [6, 6.07) is 13.4. The van der Waals surface area contributed by atoms with Gasteiger partial charge >= 0.3 is 0 Å². The molecule has 0 atom stereocenters. The highest BCUT2D eigenvalue weighted by atomic mass is 19.1. The first-order chi connectivity index (χ1) is 14.0. The third-order valence-corrected chi connectivity index (χ3v) is 4.39. The van der Waals surface area contributed by atoms with Crippen LogP contribution in [-0.4, -0.2) is 30.5 Å². The van der Waals surface area contributed by atoms with Crippen molar-refractivity contribution in [2.45, 2.75) is 20.0 Å². The number of nitrogens with one attached hydrogen (secondary N) is 1. The second kappa shape index (κ2) is 7.63. The highest BCUT2D eigenvalue weighted by Gasteiger charge is 2.14. The molecular formula is C20H17FN6O2. The van der Waals surface area contributed by atoms with E-state index in [2.05, 4.69) is 20.6 Å². The number of rotatable bonds is 5. The predicted octanol–water partition coefficient (Wildman–Crippen LogP) is 1.74. The third kappa shape index (κ3) is 3.88. The van der Waals surface area contributed by atoms with Crippen molar-refractivity contribution in [3.8, 4) is 5.69 Å². The number of fused-ring (bicyclic) bond motifs is 1. The van der Waals surface area contributed by atoms with Crippen LogP contribution in [0.15, 0.2) is 59.7 Å². The maximum absolute atomic E-state index is 12.9. The average Bonchev–Trinajstić information content (AvgIpc) is 3.15. The van der Waals surface area contributed by atoms with Gasteiger partial charge in [0.1, 0.15) is 18.7 Å². The normalized spacial score (nSPS) is 11.0. The first kappa shape index (κ1) is 18.5. The molecule has 0 saturated carbocycles. The van der Waals surface area contributed by atoms with Gasteiger partial charge in [0.25, 0.3) is 5.56 Å².